The average molecular weight is 529 g/mol. The number of nitrogens with one attached hydrogen (secondary N) is 1. The van der Waals surface area contributed by atoms with Gasteiger partial charge in [-0.1, -0.05) is 39.2 Å². The predicted molar refractivity (Wildman–Crippen MR) is 140 cm³/mol. The number of alkyl halides is 2. The standard InChI is InChI=1S/C28H46F2N2O5/c1-19(2)21(15-20-11-12-25(36-4)26(16-20)37-14-8-13-35-3)17-23(31)24(33)18-32-27(34)28(29,30)22-9-6-5-7-10-22/h11-12,16,19,21-24,33H,5-10,13-15,17-18,31H2,1-4H3,(H,32,34)/t21-,23-,24-/m0/s1. The van der Waals surface area contributed by atoms with Crippen LogP contribution in [0.3, 0.4) is 0 Å². The van der Waals surface area contributed by atoms with Crippen molar-refractivity contribution < 1.29 is 32.9 Å². The van der Waals surface area contributed by atoms with E-state index in [4.69, 9.17) is 19.9 Å². The number of carbonyl (C=O) groups excluding carboxylic acids is 1. The van der Waals surface area contributed by atoms with Crippen molar-refractivity contribution >= 4 is 5.91 Å². The number of amides is 1. The molecule has 0 unspecified atom stereocenters. The summed E-state index contributed by atoms with van der Waals surface area (Å²) in [6.45, 7) is 4.99. The molecular formula is C28H46F2N2O5. The van der Waals surface area contributed by atoms with Gasteiger partial charge in [0.1, 0.15) is 0 Å². The van der Waals surface area contributed by atoms with Gasteiger partial charge in [-0.15, -0.1) is 0 Å². The second-order valence-corrected chi connectivity index (χ2v) is 10.5. The first-order valence-corrected chi connectivity index (χ1v) is 13.5. The summed E-state index contributed by atoms with van der Waals surface area (Å²) in [5.74, 6) is -3.99. The third kappa shape index (κ3) is 9.69. The van der Waals surface area contributed by atoms with E-state index in [1.165, 1.54) is 0 Å². The minimum atomic E-state index is -3.43. The fourth-order valence-electron chi connectivity index (χ4n) is 4.86. The summed E-state index contributed by atoms with van der Waals surface area (Å²) < 4.78 is 45.5. The molecule has 7 nitrogen and oxygen atoms in total. The minimum Gasteiger partial charge on any atom is -0.493 e. The smallest absolute Gasteiger partial charge is 0.327 e. The normalized spacial score (nSPS) is 17.3. The van der Waals surface area contributed by atoms with Crippen molar-refractivity contribution in [1.29, 1.82) is 0 Å². The van der Waals surface area contributed by atoms with E-state index in [-0.39, 0.29) is 18.4 Å². The maximum atomic E-state index is 14.6. The molecule has 1 aromatic carbocycles. The van der Waals surface area contributed by atoms with Crippen molar-refractivity contribution in [3.05, 3.63) is 23.8 Å². The molecule has 1 fully saturated rings. The Bertz CT molecular complexity index is 818. The van der Waals surface area contributed by atoms with Crippen LogP contribution in [0, 0.1) is 17.8 Å². The van der Waals surface area contributed by atoms with Gasteiger partial charge in [-0.25, -0.2) is 0 Å². The van der Waals surface area contributed by atoms with E-state index in [2.05, 4.69) is 19.2 Å². The monoisotopic (exact) mass is 528 g/mol. The highest BCUT2D eigenvalue weighted by atomic mass is 19.3. The highest BCUT2D eigenvalue weighted by Crippen LogP contribution is 2.37. The number of ether oxygens (including phenoxy) is 3. The summed E-state index contributed by atoms with van der Waals surface area (Å²) in [6, 6.07) is 5.14. The number of benzene rings is 1. The van der Waals surface area contributed by atoms with E-state index < -0.39 is 29.9 Å². The van der Waals surface area contributed by atoms with Crippen LogP contribution in [0.1, 0.15) is 64.4 Å². The maximum Gasteiger partial charge on any atom is 0.327 e. The van der Waals surface area contributed by atoms with Crippen LogP contribution < -0.4 is 20.5 Å². The summed E-state index contributed by atoms with van der Waals surface area (Å²) in [6.07, 6.45) is 3.87. The largest absolute Gasteiger partial charge is 0.493 e. The van der Waals surface area contributed by atoms with Gasteiger partial charge in [0, 0.05) is 38.6 Å². The van der Waals surface area contributed by atoms with Crippen LogP contribution in [0.2, 0.25) is 0 Å². The molecule has 2 rings (SSSR count). The topological polar surface area (TPSA) is 103 Å². The van der Waals surface area contributed by atoms with Gasteiger partial charge < -0.3 is 30.4 Å². The first-order chi connectivity index (χ1) is 17.6. The van der Waals surface area contributed by atoms with Gasteiger partial charge in [0.05, 0.1) is 19.8 Å². The Labute approximate surface area is 220 Å². The quantitative estimate of drug-likeness (QED) is 0.276. The van der Waals surface area contributed by atoms with Crippen LogP contribution in [0.15, 0.2) is 18.2 Å². The van der Waals surface area contributed by atoms with Crippen molar-refractivity contribution in [1.82, 2.24) is 5.32 Å². The number of halogens is 2. The molecule has 1 aromatic rings. The Kier molecular flexibility index (Phi) is 13.0. The van der Waals surface area contributed by atoms with Gasteiger partial charge in [0.25, 0.3) is 5.91 Å². The summed E-state index contributed by atoms with van der Waals surface area (Å²) in [5, 5.41) is 12.8. The zero-order valence-electron chi connectivity index (χ0n) is 22.8. The van der Waals surface area contributed by atoms with Crippen molar-refractivity contribution in [2.24, 2.45) is 23.5 Å². The van der Waals surface area contributed by atoms with Crippen LogP contribution in [0.4, 0.5) is 8.78 Å². The van der Waals surface area contributed by atoms with Crippen LogP contribution in [-0.2, 0) is 16.0 Å². The average Bonchev–Trinajstić information content (AvgIpc) is 2.89. The fraction of sp³-hybridized carbons (Fsp3) is 0.750. The van der Waals surface area contributed by atoms with E-state index in [1.54, 1.807) is 14.2 Å². The molecule has 0 spiro atoms. The Morgan fingerprint density at radius 3 is 2.49 bits per heavy atom. The summed E-state index contributed by atoms with van der Waals surface area (Å²) >= 11 is 0. The lowest BCUT2D eigenvalue weighted by molar-refractivity contribution is -0.156. The highest BCUT2D eigenvalue weighted by Gasteiger charge is 2.47. The second kappa shape index (κ2) is 15.4. The SMILES string of the molecule is COCCCOc1cc(C[C@@H](C[C@H](N)[C@@H](O)CNC(=O)C(F)(F)C2CCCCC2)C(C)C)ccc1OC. The number of hydrogen-bond donors (Lipinski definition) is 3. The van der Waals surface area contributed by atoms with Crippen molar-refractivity contribution in [3.8, 4) is 11.5 Å². The summed E-state index contributed by atoms with van der Waals surface area (Å²) in [4.78, 5) is 12.2. The van der Waals surface area contributed by atoms with Crippen molar-refractivity contribution in [3.63, 3.8) is 0 Å². The number of nitrogens with two attached hydrogens (primary N) is 1. The Morgan fingerprint density at radius 1 is 1.16 bits per heavy atom. The third-order valence-corrected chi connectivity index (χ3v) is 7.38. The van der Waals surface area contributed by atoms with Gasteiger partial charge in [0.2, 0.25) is 0 Å². The Morgan fingerprint density at radius 2 is 1.86 bits per heavy atom. The van der Waals surface area contributed by atoms with E-state index >= 15 is 0 Å². The summed E-state index contributed by atoms with van der Waals surface area (Å²) in [7, 11) is 3.24. The van der Waals surface area contributed by atoms with Crippen LogP contribution in [0.25, 0.3) is 0 Å². The number of hydrogen-bond acceptors (Lipinski definition) is 6. The van der Waals surface area contributed by atoms with E-state index in [9.17, 15) is 18.7 Å². The summed E-state index contributed by atoms with van der Waals surface area (Å²) in [5.41, 5.74) is 7.32. The molecule has 0 aliphatic heterocycles. The minimum absolute atomic E-state index is 0.124. The van der Waals surface area contributed by atoms with Crippen molar-refractivity contribution in [2.45, 2.75) is 83.3 Å². The van der Waals surface area contributed by atoms with Gasteiger partial charge in [-0.05, 0) is 55.2 Å². The van der Waals surface area contributed by atoms with Gasteiger partial charge in [0.15, 0.2) is 11.5 Å². The van der Waals surface area contributed by atoms with Crippen LogP contribution in [-0.4, -0.2) is 63.1 Å². The number of rotatable bonds is 16. The third-order valence-electron chi connectivity index (χ3n) is 7.38. The molecule has 0 bridgehead atoms. The zero-order valence-corrected chi connectivity index (χ0v) is 22.8. The Hall–Kier alpha value is -1.97. The van der Waals surface area contributed by atoms with Crippen LogP contribution in [0.5, 0.6) is 11.5 Å². The molecule has 1 saturated carbocycles. The first-order valence-electron chi connectivity index (χ1n) is 13.5. The molecule has 0 radical (unpaired) electrons. The molecule has 212 valence electrons. The molecule has 9 heteroatoms. The maximum absolute atomic E-state index is 14.6. The molecular weight excluding hydrogens is 482 g/mol. The molecule has 0 aromatic heterocycles. The number of carbonyl (C=O) groups is 1. The van der Waals surface area contributed by atoms with E-state index in [0.717, 1.165) is 18.4 Å². The molecule has 1 amide bonds. The fourth-order valence-corrected chi connectivity index (χ4v) is 4.86. The van der Waals surface area contributed by atoms with E-state index in [0.29, 0.717) is 63.2 Å². The molecule has 1 aliphatic carbocycles. The van der Waals surface area contributed by atoms with Crippen LogP contribution >= 0.6 is 0 Å². The molecule has 0 saturated heterocycles. The highest BCUT2D eigenvalue weighted by molar-refractivity contribution is 5.83. The van der Waals surface area contributed by atoms with Gasteiger partial charge in [-0.3, -0.25) is 4.79 Å². The zero-order chi connectivity index (χ0) is 27.4. The van der Waals surface area contributed by atoms with Gasteiger partial charge in [-0.2, -0.15) is 8.78 Å². The molecule has 3 atom stereocenters. The lowest BCUT2D eigenvalue weighted by atomic mass is 9.83. The van der Waals surface area contributed by atoms with E-state index in [1.807, 2.05) is 18.2 Å². The molecule has 0 heterocycles. The van der Waals surface area contributed by atoms with Crippen molar-refractivity contribution in [2.75, 3.05) is 34.0 Å². The predicted octanol–water partition coefficient (Wildman–Crippen LogP) is 4.34. The lowest BCUT2D eigenvalue weighted by Crippen LogP contribution is -2.51. The number of aliphatic hydroxyl groups excluding tert-OH is 1. The number of aliphatic hydroxyl groups is 1. The molecule has 4 N–H and O–H groups in total. The Balaban J connectivity index is 1.94. The molecule has 1 aliphatic rings. The number of methoxy groups -OCH3 is 2. The first kappa shape index (κ1) is 31.2. The molecule has 37 heavy (non-hydrogen) atoms. The second-order valence-electron chi connectivity index (χ2n) is 10.5. The van der Waals surface area contributed by atoms with Gasteiger partial charge >= 0.3 is 5.92 Å². The lowest BCUT2D eigenvalue weighted by Gasteiger charge is -2.30.